The molecule has 1 fully saturated rings. The van der Waals surface area contributed by atoms with Gasteiger partial charge in [-0.25, -0.2) is 28.8 Å². The summed E-state index contributed by atoms with van der Waals surface area (Å²) in [6.07, 6.45) is 6.56. The molecule has 0 unspecified atom stereocenters. The molecule has 196 valence electrons. The number of fused-ring (bicyclic) bond motifs is 1. The maximum absolute atomic E-state index is 15.2. The Labute approximate surface area is 222 Å². The monoisotopic (exact) mass is 544 g/mol. The molecule has 0 aromatic heterocycles. The Morgan fingerprint density at radius 2 is 2.16 bits per heavy atom. The maximum Gasteiger partial charge on any atom is 0.247 e. The first-order valence-corrected chi connectivity index (χ1v) is 11.7. The third kappa shape index (κ3) is 4.14. The van der Waals surface area contributed by atoms with Gasteiger partial charge in [0.25, 0.3) is 0 Å². The number of carbonyl (C=O) groups excluding carboxylic acids is 1. The van der Waals surface area contributed by atoms with Gasteiger partial charge in [0.2, 0.25) is 5.91 Å². The standard InChI is InChI=1S/C24H21ClF2N8O3/c25-15-2-4-17(33(11-28)32-29)21(23(15)27)12-7-13-1-3-18(35(13)20(37)8-12)24-30-9-16(31-24)14-5-6-34(38)19(10-36)22(14)26/h2,4-6,8-9,11,13,18,28-29,36,38H,1,3,7,10H2/b16-14-,28-11?,32-29?/t13-,18+/m1/s1/i10D2. The highest BCUT2D eigenvalue weighted by molar-refractivity contribution is 6.31. The van der Waals surface area contributed by atoms with Gasteiger partial charge in [0, 0.05) is 29.5 Å². The summed E-state index contributed by atoms with van der Waals surface area (Å²) in [6, 6.07) is 1.75. The first kappa shape index (κ1) is 23.1. The summed E-state index contributed by atoms with van der Waals surface area (Å²) in [7, 11) is 0. The van der Waals surface area contributed by atoms with Crippen molar-refractivity contribution >= 4 is 47.2 Å². The predicted octanol–water partition coefficient (Wildman–Crippen LogP) is 4.11. The Morgan fingerprint density at radius 1 is 1.37 bits per heavy atom. The Morgan fingerprint density at radius 3 is 2.87 bits per heavy atom. The summed E-state index contributed by atoms with van der Waals surface area (Å²) >= 11 is 6.01. The van der Waals surface area contributed by atoms with E-state index in [0.29, 0.717) is 18.4 Å². The van der Waals surface area contributed by atoms with E-state index >= 15 is 8.78 Å². The van der Waals surface area contributed by atoms with Gasteiger partial charge in [-0.3, -0.25) is 15.4 Å². The van der Waals surface area contributed by atoms with Crippen LogP contribution in [0.3, 0.4) is 0 Å². The highest BCUT2D eigenvalue weighted by Crippen LogP contribution is 2.42. The summed E-state index contributed by atoms with van der Waals surface area (Å²) < 4.78 is 45.0. The molecule has 14 heteroatoms. The number of hydroxylamine groups is 2. The fourth-order valence-electron chi connectivity index (χ4n) is 4.99. The Hall–Kier alpha value is -4.07. The van der Waals surface area contributed by atoms with Crippen LogP contribution < -0.4 is 5.01 Å². The highest BCUT2D eigenvalue weighted by Gasteiger charge is 2.43. The van der Waals surface area contributed by atoms with Crippen LogP contribution in [0, 0.1) is 16.8 Å². The van der Waals surface area contributed by atoms with E-state index in [-0.39, 0.29) is 50.9 Å². The zero-order chi connectivity index (χ0) is 28.9. The summed E-state index contributed by atoms with van der Waals surface area (Å²) in [5.74, 6) is -2.26. The van der Waals surface area contributed by atoms with Crippen LogP contribution in [0.15, 0.2) is 68.5 Å². The van der Waals surface area contributed by atoms with E-state index in [9.17, 15) is 15.1 Å². The molecule has 0 bridgehead atoms. The van der Waals surface area contributed by atoms with Crippen LogP contribution in [-0.2, 0) is 4.79 Å². The molecule has 0 radical (unpaired) electrons. The van der Waals surface area contributed by atoms with E-state index in [2.05, 4.69) is 15.2 Å². The molecule has 1 aromatic carbocycles. The SMILES string of the molecule is [2H]C([2H])(O)C1=C(F)/C(=C2/C=NC([C@@H]3CC[C@@H]4CC(c5c(N(C=N)N=N)ccc(Cl)c5F)=CC(=O)N43)=N2)C=CN1O. The number of nitrogens with zero attached hydrogens (tertiary/aromatic N) is 6. The van der Waals surface area contributed by atoms with Crippen molar-refractivity contribution < 1.29 is 26.6 Å². The average molecular weight is 545 g/mol. The molecule has 4 heterocycles. The number of anilines is 1. The number of benzene rings is 1. The van der Waals surface area contributed by atoms with Crippen molar-refractivity contribution in [3.63, 3.8) is 0 Å². The minimum Gasteiger partial charge on any atom is -0.390 e. The van der Waals surface area contributed by atoms with Gasteiger partial charge in [-0.1, -0.05) is 16.8 Å². The van der Waals surface area contributed by atoms with Gasteiger partial charge in [-0.15, -0.1) is 0 Å². The van der Waals surface area contributed by atoms with E-state index in [1.165, 1.54) is 24.4 Å². The molecule has 0 spiro atoms. The van der Waals surface area contributed by atoms with Crippen LogP contribution in [-0.4, -0.2) is 63.2 Å². The van der Waals surface area contributed by atoms with Gasteiger partial charge in [0.15, 0.2) is 17.5 Å². The number of hydrogen-bond acceptors (Lipinski definition) is 9. The Balaban J connectivity index is 1.48. The molecule has 0 aliphatic carbocycles. The molecular formula is C24H21ClF2N8O3. The molecule has 5 rings (SSSR count). The molecule has 11 nitrogen and oxygen atoms in total. The molecule has 1 aromatic rings. The zero-order valence-corrected chi connectivity index (χ0v) is 20.2. The maximum atomic E-state index is 15.2. The van der Waals surface area contributed by atoms with Crippen molar-refractivity contribution in [2.24, 2.45) is 15.2 Å². The number of rotatable bonds is 6. The van der Waals surface area contributed by atoms with Gasteiger partial charge >= 0.3 is 0 Å². The normalized spacial score (nSPS) is 25.8. The number of amides is 1. The van der Waals surface area contributed by atoms with Crippen molar-refractivity contribution in [3.8, 4) is 0 Å². The second-order valence-electron chi connectivity index (χ2n) is 8.66. The average Bonchev–Trinajstić information content (AvgIpc) is 3.54. The van der Waals surface area contributed by atoms with Crippen LogP contribution in [0.4, 0.5) is 14.5 Å². The lowest BCUT2D eigenvalue weighted by Crippen LogP contribution is -2.45. The number of hydrogen-bond donors (Lipinski definition) is 4. The molecule has 1 amide bonds. The van der Waals surface area contributed by atoms with Crippen molar-refractivity contribution in [3.05, 3.63) is 69.7 Å². The third-order valence-electron chi connectivity index (χ3n) is 6.67. The molecule has 2 atom stereocenters. The van der Waals surface area contributed by atoms with E-state index in [1.807, 2.05) is 0 Å². The minimum absolute atomic E-state index is 0.0132. The second kappa shape index (κ2) is 10.0. The number of halogens is 3. The number of carbonyl (C=O) groups is 1. The molecule has 4 aliphatic rings. The Bertz CT molecular complexity index is 1510. The van der Waals surface area contributed by atoms with Crippen molar-refractivity contribution in [1.29, 1.82) is 10.9 Å². The van der Waals surface area contributed by atoms with Crippen LogP contribution in [0.5, 0.6) is 0 Å². The number of amidine groups is 1. The molecule has 4 aliphatic heterocycles. The van der Waals surface area contributed by atoms with Gasteiger partial charge in [-0.05, 0) is 43.0 Å². The van der Waals surface area contributed by atoms with Crippen molar-refractivity contribution in [2.45, 2.75) is 31.3 Å². The molecule has 4 N–H and O–H groups in total. The zero-order valence-electron chi connectivity index (χ0n) is 21.4. The lowest BCUT2D eigenvalue weighted by atomic mass is 9.92. The summed E-state index contributed by atoms with van der Waals surface area (Å²) in [6.45, 7) is -3.17. The first-order chi connectivity index (χ1) is 19.0. The van der Waals surface area contributed by atoms with Crippen LogP contribution in [0.2, 0.25) is 5.02 Å². The van der Waals surface area contributed by atoms with Gasteiger partial charge < -0.3 is 10.0 Å². The lowest BCUT2D eigenvalue weighted by Gasteiger charge is -2.33. The van der Waals surface area contributed by atoms with Gasteiger partial charge in [0.05, 0.1) is 38.0 Å². The van der Waals surface area contributed by atoms with E-state index in [1.54, 1.807) is 4.90 Å². The first-order valence-electron chi connectivity index (χ1n) is 12.3. The molecule has 0 saturated carbocycles. The smallest absolute Gasteiger partial charge is 0.247 e. The number of aliphatic hydroxyl groups is 1. The van der Waals surface area contributed by atoms with E-state index in [4.69, 9.17) is 25.3 Å². The fraction of sp³-hybridized carbons (Fsp3) is 0.250. The van der Waals surface area contributed by atoms with E-state index in [0.717, 1.165) is 23.6 Å². The van der Waals surface area contributed by atoms with Crippen LogP contribution in [0.25, 0.3) is 5.57 Å². The van der Waals surface area contributed by atoms with Crippen LogP contribution >= 0.6 is 11.6 Å². The van der Waals surface area contributed by atoms with Gasteiger partial charge in [0.1, 0.15) is 12.0 Å². The predicted molar refractivity (Wildman–Crippen MR) is 135 cm³/mol. The van der Waals surface area contributed by atoms with Crippen molar-refractivity contribution in [2.75, 3.05) is 11.6 Å². The summed E-state index contributed by atoms with van der Waals surface area (Å²) in [5.41, 5.74) is 6.48. The number of nitrogens with one attached hydrogen (secondary N) is 2. The van der Waals surface area contributed by atoms with Gasteiger partial charge in [-0.2, -0.15) is 5.53 Å². The second-order valence-corrected chi connectivity index (χ2v) is 9.06. The fourth-order valence-corrected chi connectivity index (χ4v) is 5.15. The summed E-state index contributed by atoms with van der Waals surface area (Å²) in [5, 5.41) is 30.9. The quantitative estimate of drug-likeness (QED) is 0.184. The lowest BCUT2D eigenvalue weighted by molar-refractivity contribution is -0.128. The molecular weight excluding hydrogens is 522 g/mol. The molecule has 1 saturated heterocycles. The number of aliphatic imine (C=N–C) groups is 2. The topological polar surface area (TPSA) is 152 Å². The molecule has 38 heavy (non-hydrogen) atoms. The third-order valence-corrected chi connectivity index (χ3v) is 6.96. The highest BCUT2D eigenvalue weighted by atomic mass is 35.5. The van der Waals surface area contributed by atoms with Crippen molar-refractivity contribution in [1.82, 2.24) is 9.96 Å². The van der Waals surface area contributed by atoms with E-state index < -0.39 is 35.8 Å². The Kier molecular flexibility index (Phi) is 6.08. The van der Waals surface area contributed by atoms with Crippen LogP contribution in [0.1, 0.15) is 27.6 Å². The number of allylic oxidation sites excluding steroid dienone is 4. The summed E-state index contributed by atoms with van der Waals surface area (Å²) in [4.78, 5) is 23.5. The minimum atomic E-state index is -3.17. The largest absolute Gasteiger partial charge is 0.390 e.